The number of nitro groups is 1. The maximum absolute atomic E-state index is 13.0. The van der Waals surface area contributed by atoms with Crippen LogP contribution in [0.4, 0.5) is 5.69 Å². The Kier molecular flexibility index (Phi) is 6.05. The third-order valence-electron chi connectivity index (χ3n) is 5.23. The zero-order valence-electron chi connectivity index (χ0n) is 16.7. The van der Waals surface area contributed by atoms with Crippen LogP contribution in [0.2, 0.25) is 0 Å². The minimum absolute atomic E-state index is 0.0387. The van der Waals surface area contributed by atoms with Crippen molar-refractivity contribution in [3.8, 4) is 0 Å². The lowest BCUT2D eigenvalue weighted by molar-refractivity contribution is -0.386. The molecule has 0 N–H and O–H groups in total. The topological polar surface area (TPSA) is 114 Å². The van der Waals surface area contributed by atoms with Gasteiger partial charge in [0.2, 0.25) is 0 Å². The van der Waals surface area contributed by atoms with Crippen molar-refractivity contribution in [3.05, 3.63) is 21.5 Å². The van der Waals surface area contributed by atoms with Gasteiger partial charge in [0.1, 0.15) is 11.4 Å². The van der Waals surface area contributed by atoms with Gasteiger partial charge < -0.3 is 4.74 Å². The number of rotatable bonds is 5. The van der Waals surface area contributed by atoms with Crippen LogP contribution in [0.3, 0.4) is 0 Å². The first kappa shape index (κ1) is 21.1. The molecule has 28 heavy (non-hydrogen) atoms. The molecular weight excluding hydrogens is 388 g/mol. The van der Waals surface area contributed by atoms with Crippen LogP contribution in [0.1, 0.15) is 25.2 Å². The van der Waals surface area contributed by atoms with Gasteiger partial charge in [-0.2, -0.15) is 22.1 Å². The molecule has 1 aromatic heterocycles. The number of nitrogens with zero attached hydrogens (tertiary/aromatic N) is 6. The van der Waals surface area contributed by atoms with Gasteiger partial charge in [-0.25, -0.2) is 4.68 Å². The first-order valence-corrected chi connectivity index (χ1v) is 10.8. The predicted molar refractivity (Wildman–Crippen MR) is 102 cm³/mol. The number of piperazine rings is 1. The van der Waals surface area contributed by atoms with Gasteiger partial charge in [0.15, 0.2) is 0 Å². The van der Waals surface area contributed by atoms with Crippen molar-refractivity contribution >= 4 is 15.9 Å². The Labute approximate surface area is 165 Å². The van der Waals surface area contributed by atoms with Crippen molar-refractivity contribution in [3.63, 3.8) is 0 Å². The molecule has 0 saturated carbocycles. The van der Waals surface area contributed by atoms with Crippen molar-refractivity contribution in [1.29, 1.82) is 0 Å². The van der Waals surface area contributed by atoms with Gasteiger partial charge in [0.05, 0.1) is 23.8 Å². The van der Waals surface area contributed by atoms with Crippen LogP contribution in [-0.2, 0) is 21.6 Å². The van der Waals surface area contributed by atoms with E-state index in [1.807, 2.05) is 13.8 Å². The smallest absolute Gasteiger partial charge is 0.312 e. The Balaban J connectivity index is 1.62. The average molecular weight is 417 g/mol. The van der Waals surface area contributed by atoms with E-state index in [9.17, 15) is 18.5 Å². The molecule has 0 aromatic carbocycles. The van der Waals surface area contributed by atoms with E-state index in [4.69, 9.17) is 4.74 Å². The quantitative estimate of drug-likeness (QED) is 0.502. The third-order valence-corrected chi connectivity index (χ3v) is 7.20. The van der Waals surface area contributed by atoms with Crippen LogP contribution in [0.15, 0.2) is 0 Å². The number of hydrogen-bond acceptors (Lipinski definition) is 7. The van der Waals surface area contributed by atoms with Crippen LogP contribution in [0.5, 0.6) is 0 Å². The second-order valence-electron chi connectivity index (χ2n) is 7.52. The highest BCUT2D eigenvalue weighted by Crippen LogP contribution is 2.23. The SMILES string of the molecule is Cc1nn(CN2CCN(S(=O)(=O)N3CC(C)OC(C)C3)CC2)c(C)c1[N+](=O)[O-]. The number of aromatic nitrogens is 2. The first-order chi connectivity index (χ1) is 13.1. The summed E-state index contributed by atoms with van der Waals surface area (Å²) in [5, 5.41) is 15.4. The van der Waals surface area contributed by atoms with E-state index in [-0.39, 0.29) is 17.9 Å². The normalized spacial score (nSPS) is 25.9. The molecule has 2 fully saturated rings. The summed E-state index contributed by atoms with van der Waals surface area (Å²) in [6, 6.07) is 0. The molecule has 0 amide bonds. The molecule has 0 aliphatic carbocycles. The fraction of sp³-hybridized carbons (Fsp3) is 0.812. The minimum Gasteiger partial charge on any atom is -0.373 e. The molecule has 0 bridgehead atoms. The highest BCUT2D eigenvalue weighted by atomic mass is 32.2. The van der Waals surface area contributed by atoms with Gasteiger partial charge in [-0.05, 0) is 27.7 Å². The Morgan fingerprint density at radius 3 is 2.18 bits per heavy atom. The maximum atomic E-state index is 13.0. The second-order valence-corrected chi connectivity index (χ2v) is 9.45. The van der Waals surface area contributed by atoms with Gasteiger partial charge in [0.25, 0.3) is 10.2 Å². The summed E-state index contributed by atoms with van der Waals surface area (Å²) in [7, 11) is -3.52. The van der Waals surface area contributed by atoms with E-state index in [0.29, 0.717) is 57.3 Å². The molecule has 158 valence electrons. The molecule has 2 unspecified atom stereocenters. The summed E-state index contributed by atoms with van der Waals surface area (Å²) in [6.45, 7) is 10.0. The summed E-state index contributed by atoms with van der Waals surface area (Å²) in [6.07, 6.45) is -0.247. The molecule has 2 saturated heterocycles. The summed E-state index contributed by atoms with van der Waals surface area (Å²) in [5.41, 5.74) is 0.935. The number of aryl methyl sites for hydroxylation is 1. The highest BCUT2D eigenvalue weighted by molar-refractivity contribution is 7.86. The molecule has 12 heteroatoms. The average Bonchev–Trinajstić information content (AvgIpc) is 2.88. The van der Waals surface area contributed by atoms with Gasteiger partial charge in [0, 0.05) is 39.3 Å². The van der Waals surface area contributed by atoms with Crippen molar-refractivity contribution in [2.75, 3.05) is 39.3 Å². The summed E-state index contributed by atoms with van der Waals surface area (Å²) in [5.74, 6) is 0. The van der Waals surface area contributed by atoms with Crippen LogP contribution >= 0.6 is 0 Å². The van der Waals surface area contributed by atoms with E-state index in [0.717, 1.165) is 0 Å². The third kappa shape index (κ3) is 4.20. The van der Waals surface area contributed by atoms with Gasteiger partial charge in [-0.1, -0.05) is 0 Å². The largest absolute Gasteiger partial charge is 0.373 e. The van der Waals surface area contributed by atoms with Gasteiger partial charge >= 0.3 is 5.69 Å². The molecule has 0 spiro atoms. The molecule has 2 atom stereocenters. The lowest BCUT2D eigenvalue weighted by atomic mass is 10.3. The van der Waals surface area contributed by atoms with Crippen molar-refractivity contribution in [2.24, 2.45) is 0 Å². The van der Waals surface area contributed by atoms with E-state index < -0.39 is 15.1 Å². The standard InChI is InChI=1S/C16H28N6O5S/c1-12-9-20(10-13(2)27-12)28(25,26)19-7-5-18(6-8-19)11-21-15(4)16(22(23)24)14(3)17-21/h12-13H,5-11H2,1-4H3. The number of hydrogen-bond donors (Lipinski definition) is 0. The molecule has 2 aliphatic rings. The van der Waals surface area contributed by atoms with E-state index in [2.05, 4.69) is 10.00 Å². The van der Waals surface area contributed by atoms with Crippen LogP contribution < -0.4 is 0 Å². The summed E-state index contributed by atoms with van der Waals surface area (Å²) >= 11 is 0. The van der Waals surface area contributed by atoms with E-state index >= 15 is 0 Å². The Hall–Kier alpha value is -1.60. The van der Waals surface area contributed by atoms with E-state index in [1.165, 1.54) is 8.61 Å². The second kappa shape index (κ2) is 8.03. The van der Waals surface area contributed by atoms with E-state index in [1.54, 1.807) is 18.5 Å². The monoisotopic (exact) mass is 416 g/mol. The molecule has 1 aromatic rings. The first-order valence-electron chi connectivity index (χ1n) is 9.41. The molecule has 3 rings (SSSR count). The lowest BCUT2D eigenvalue weighted by Gasteiger charge is -2.40. The molecule has 11 nitrogen and oxygen atoms in total. The Morgan fingerprint density at radius 1 is 1.11 bits per heavy atom. The molecule has 0 radical (unpaired) electrons. The fourth-order valence-electron chi connectivity index (χ4n) is 3.86. The fourth-order valence-corrected chi connectivity index (χ4v) is 5.61. The van der Waals surface area contributed by atoms with Crippen LogP contribution in [-0.4, -0.2) is 88.1 Å². The predicted octanol–water partition coefficient (Wildman–Crippen LogP) is 0.337. The summed E-state index contributed by atoms with van der Waals surface area (Å²) in [4.78, 5) is 12.8. The van der Waals surface area contributed by atoms with Crippen molar-refractivity contribution < 1.29 is 18.1 Å². The van der Waals surface area contributed by atoms with Crippen molar-refractivity contribution in [2.45, 2.75) is 46.6 Å². The number of morpholine rings is 1. The van der Waals surface area contributed by atoms with Gasteiger partial charge in [-0.3, -0.25) is 15.0 Å². The molecular formula is C16H28N6O5S. The highest BCUT2D eigenvalue weighted by Gasteiger charge is 2.36. The zero-order chi connectivity index (χ0) is 20.6. The lowest BCUT2D eigenvalue weighted by Crippen LogP contribution is -2.57. The number of ether oxygens (including phenoxy) is 1. The van der Waals surface area contributed by atoms with Crippen LogP contribution in [0, 0.1) is 24.0 Å². The van der Waals surface area contributed by atoms with Crippen molar-refractivity contribution in [1.82, 2.24) is 23.3 Å². The summed E-state index contributed by atoms with van der Waals surface area (Å²) < 4.78 is 36.2. The molecule has 2 aliphatic heterocycles. The minimum atomic E-state index is -3.52. The molecule has 3 heterocycles. The zero-order valence-corrected chi connectivity index (χ0v) is 17.6. The van der Waals surface area contributed by atoms with Crippen LogP contribution in [0.25, 0.3) is 0 Å². The Bertz CT molecular complexity index is 823. The Morgan fingerprint density at radius 2 is 1.68 bits per heavy atom. The maximum Gasteiger partial charge on any atom is 0.312 e. The van der Waals surface area contributed by atoms with Gasteiger partial charge in [-0.15, -0.1) is 0 Å².